The number of carboxylic acid groups (broad SMARTS) is 2. The summed E-state index contributed by atoms with van der Waals surface area (Å²) in [4.78, 5) is 35.2. The zero-order valence-corrected chi connectivity index (χ0v) is 15.1. The Morgan fingerprint density at radius 3 is 1.97 bits per heavy atom. The summed E-state index contributed by atoms with van der Waals surface area (Å²) < 4.78 is 70.2. The molecule has 0 bridgehead atoms. The molecule has 1 amide bonds. The number of hydrogen-bond donors (Lipinski definition) is 4. The Labute approximate surface area is 169 Å². The molecular weight excluding hydrogens is 440 g/mol. The minimum absolute atomic E-state index is 0.0246. The first-order valence-corrected chi connectivity index (χ1v) is 7.88. The Bertz CT molecular complexity index is 975. The van der Waals surface area contributed by atoms with Crippen molar-refractivity contribution in [2.75, 3.05) is 5.32 Å². The molecule has 1 aromatic heterocycles. The van der Waals surface area contributed by atoms with Crippen molar-refractivity contribution in [3.63, 3.8) is 0 Å². The van der Waals surface area contributed by atoms with Crippen molar-refractivity contribution in [2.24, 2.45) is 5.73 Å². The van der Waals surface area contributed by atoms with E-state index >= 15 is 0 Å². The SMILES string of the molecule is NCc1cc(NC(=O)c2cccc(C(=O)O)c2)nc(C(F)(F)F)c1.O=C(O)C(F)(F)F. The van der Waals surface area contributed by atoms with Gasteiger partial charge in [-0.05, 0) is 35.9 Å². The van der Waals surface area contributed by atoms with E-state index in [9.17, 15) is 35.9 Å². The van der Waals surface area contributed by atoms with Crippen molar-refractivity contribution >= 4 is 23.7 Å². The maximum Gasteiger partial charge on any atom is 0.490 e. The van der Waals surface area contributed by atoms with Gasteiger partial charge in [-0.15, -0.1) is 0 Å². The first-order chi connectivity index (χ1) is 14.1. The topological polar surface area (TPSA) is 143 Å². The van der Waals surface area contributed by atoms with Crippen molar-refractivity contribution in [2.45, 2.75) is 18.9 Å². The van der Waals surface area contributed by atoms with Gasteiger partial charge in [-0.1, -0.05) is 6.07 Å². The predicted octanol–water partition coefficient (Wildman–Crippen LogP) is 3.14. The number of nitrogens with zero attached hydrogens (tertiary/aromatic N) is 1. The fourth-order valence-corrected chi connectivity index (χ4v) is 1.90. The van der Waals surface area contributed by atoms with Crippen molar-refractivity contribution in [1.82, 2.24) is 4.98 Å². The highest BCUT2D eigenvalue weighted by Crippen LogP contribution is 2.29. The average molecular weight is 453 g/mol. The minimum Gasteiger partial charge on any atom is -0.478 e. The van der Waals surface area contributed by atoms with Crippen LogP contribution in [-0.2, 0) is 17.5 Å². The molecule has 0 aliphatic rings. The number of nitrogens with two attached hydrogens (primary N) is 1. The maximum atomic E-state index is 12.8. The van der Waals surface area contributed by atoms with Gasteiger partial charge in [-0.3, -0.25) is 4.79 Å². The molecule has 31 heavy (non-hydrogen) atoms. The van der Waals surface area contributed by atoms with Crippen LogP contribution < -0.4 is 11.1 Å². The summed E-state index contributed by atoms with van der Waals surface area (Å²) >= 11 is 0. The zero-order chi connectivity index (χ0) is 24.0. The third-order valence-electron chi connectivity index (χ3n) is 3.27. The van der Waals surface area contributed by atoms with Gasteiger partial charge in [0.05, 0.1) is 5.56 Å². The van der Waals surface area contributed by atoms with E-state index in [0.717, 1.165) is 12.1 Å². The number of nitrogens with one attached hydrogen (secondary N) is 1. The molecule has 0 spiro atoms. The average Bonchev–Trinajstić information content (AvgIpc) is 2.66. The van der Waals surface area contributed by atoms with Crippen LogP contribution in [0.3, 0.4) is 0 Å². The lowest BCUT2D eigenvalue weighted by molar-refractivity contribution is -0.192. The summed E-state index contributed by atoms with van der Waals surface area (Å²) in [5, 5.41) is 18.2. The number of rotatable bonds is 4. The number of pyridine rings is 1. The second-order valence-electron chi connectivity index (χ2n) is 5.59. The van der Waals surface area contributed by atoms with Crippen molar-refractivity contribution in [1.29, 1.82) is 0 Å². The van der Waals surface area contributed by atoms with Crippen LogP contribution in [0, 0.1) is 0 Å². The van der Waals surface area contributed by atoms with E-state index in [1.165, 1.54) is 24.3 Å². The monoisotopic (exact) mass is 453 g/mol. The van der Waals surface area contributed by atoms with E-state index in [1.807, 2.05) is 0 Å². The number of carbonyl (C=O) groups is 3. The minimum atomic E-state index is -5.08. The van der Waals surface area contributed by atoms with Crippen LogP contribution in [0.4, 0.5) is 32.2 Å². The molecule has 2 rings (SSSR count). The largest absolute Gasteiger partial charge is 0.490 e. The van der Waals surface area contributed by atoms with Gasteiger partial charge in [0, 0.05) is 12.1 Å². The van der Waals surface area contributed by atoms with E-state index < -0.39 is 35.9 Å². The van der Waals surface area contributed by atoms with Crippen molar-refractivity contribution in [3.05, 3.63) is 58.8 Å². The summed E-state index contributed by atoms with van der Waals surface area (Å²) in [5.74, 6) is -5.09. The Balaban J connectivity index is 0.000000592. The van der Waals surface area contributed by atoms with Gasteiger partial charge in [-0.2, -0.15) is 26.3 Å². The number of hydrogen-bond acceptors (Lipinski definition) is 5. The van der Waals surface area contributed by atoms with Gasteiger partial charge in [0.15, 0.2) is 0 Å². The number of aliphatic carboxylic acids is 1. The Morgan fingerprint density at radius 1 is 0.968 bits per heavy atom. The molecule has 0 atom stereocenters. The fourth-order valence-electron chi connectivity index (χ4n) is 1.90. The molecular formula is C17H13F6N3O5. The number of alkyl halides is 6. The molecule has 1 heterocycles. The standard InChI is InChI=1S/C15H12F3N3O3.C2HF3O2/c16-15(17,18)11-4-8(7-19)5-12(20-11)21-13(22)9-2-1-3-10(6-9)14(23)24;3-2(4,5)1(6)7/h1-6H,7,19H2,(H,23,24)(H,20,21,22);(H,6,7). The predicted molar refractivity (Wildman–Crippen MR) is 92.2 cm³/mol. The molecule has 0 radical (unpaired) electrons. The molecule has 5 N–H and O–H groups in total. The molecule has 168 valence electrons. The number of anilines is 1. The molecule has 14 heteroatoms. The van der Waals surface area contributed by atoms with E-state index in [-0.39, 0.29) is 29.1 Å². The van der Waals surface area contributed by atoms with Gasteiger partial charge in [0.2, 0.25) is 0 Å². The summed E-state index contributed by atoms with van der Waals surface area (Å²) in [7, 11) is 0. The highest BCUT2D eigenvalue weighted by Gasteiger charge is 2.38. The van der Waals surface area contributed by atoms with Crippen LogP contribution in [-0.4, -0.2) is 39.2 Å². The molecule has 0 unspecified atom stereocenters. The summed E-state index contributed by atoms with van der Waals surface area (Å²) in [6.45, 7) is -0.164. The van der Waals surface area contributed by atoms with Crippen LogP contribution >= 0.6 is 0 Å². The molecule has 0 saturated heterocycles. The quantitative estimate of drug-likeness (QED) is 0.521. The van der Waals surface area contributed by atoms with E-state index in [2.05, 4.69) is 10.3 Å². The number of amides is 1. The lowest BCUT2D eigenvalue weighted by atomic mass is 10.1. The number of halogens is 6. The molecule has 1 aromatic carbocycles. The van der Waals surface area contributed by atoms with E-state index in [1.54, 1.807) is 0 Å². The van der Waals surface area contributed by atoms with Gasteiger partial charge in [0.25, 0.3) is 5.91 Å². The second kappa shape index (κ2) is 9.88. The number of carboxylic acids is 2. The third kappa shape index (κ3) is 7.93. The highest BCUT2D eigenvalue weighted by molar-refractivity contribution is 6.05. The number of aromatic carboxylic acids is 1. The van der Waals surface area contributed by atoms with E-state index in [0.29, 0.717) is 0 Å². The van der Waals surface area contributed by atoms with Crippen molar-refractivity contribution < 1.29 is 50.9 Å². The first kappa shape index (κ1) is 25.4. The second-order valence-corrected chi connectivity index (χ2v) is 5.59. The smallest absolute Gasteiger partial charge is 0.478 e. The van der Waals surface area contributed by atoms with Gasteiger partial charge in [0.1, 0.15) is 11.5 Å². The van der Waals surface area contributed by atoms with Crippen LogP contribution in [0.15, 0.2) is 36.4 Å². The van der Waals surface area contributed by atoms with Gasteiger partial charge < -0.3 is 21.3 Å². The van der Waals surface area contributed by atoms with Crippen LogP contribution in [0.1, 0.15) is 32.0 Å². The number of aromatic nitrogens is 1. The molecule has 2 aromatic rings. The van der Waals surface area contributed by atoms with Gasteiger partial charge >= 0.3 is 24.3 Å². The molecule has 0 aliphatic heterocycles. The third-order valence-corrected chi connectivity index (χ3v) is 3.27. The zero-order valence-electron chi connectivity index (χ0n) is 15.1. The highest BCUT2D eigenvalue weighted by atomic mass is 19.4. The Kier molecular flexibility index (Phi) is 8.08. The maximum absolute atomic E-state index is 12.8. The summed E-state index contributed by atoms with van der Waals surface area (Å²) in [5.41, 5.74) is 4.17. The fraction of sp³-hybridized carbons (Fsp3) is 0.176. The molecule has 8 nitrogen and oxygen atoms in total. The molecule has 0 fully saturated rings. The Hall–Kier alpha value is -3.68. The van der Waals surface area contributed by atoms with Gasteiger partial charge in [-0.25, -0.2) is 14.6 Å². The normalized spacial score (nSPS) is 11.2. The molecule has 0 saturated carbocycles. The van der Waals surface area contributed by atoms with E-state index in [4.69, 9.17) is 20.7 Å². The lowest BCUT2D eigenvalue weighted by Gasteiger charge is -2.11. The Morgan fingerprint density at radius 2 is 1.52 bits per heavy atom. The molecule has 0 aliphatic carbocycles. The number of benzene rings is 1. The van der Waals surface area contributed by atoms with Crippen LogP contribution in [0.2, 0.25) is 0 Å². The number of carbonyl (C=O) groups excluding carboxylic acids is 1. The first-order valence-electron chi connectivity index (χ1n) is 7.88. The van der Waals surface area contributed by atoms with Crippen molar-refractivity contribution in [3.8, 4) is 0 Å². The van der Waals surface area contributed by atoms with Crippen LogP contribution in [0.25, 0.3) is 0 Å². The lowest BCUT2D eigenvalue weighted by Crippen LogP contribution is -2.21. The summed E-state index contributed by atoms with van der Waals surface area (Å²) in [6.07, 6.45) is -9.77. The van der Waals surface area contributed by atoms with Crippen LogP contribution in [0.5, 0.6) is 0 Å². The summed E-state index contributed by atoms with van der Waals surface area (Å²) in [6, 6.07) is 7.08.